The molecule has 84 valence electrons. The zero-order valence-electron chi connectivity index (χ0n) is 8.96. The first-order chi connectivity index (χ1) is 7.10. The van der Waals surface area contributed by atoms with E-state index in [0.717, 1.165) is 16.5 Å². The molecule has 0 saturated heterocycles. The zero-order chi connectivity index (χ0) is 11.4. The van der Waals surface area contributed by atoms with E-state index in [-0.39, 0.29) is 11.7 Å². The van der Waals surface area contributed by atoms with Crippen molar-refractivity contribution in [3.8, 4) is 11.5 Å². The Labute approximate surface area is 98.4 Å². The van der Waals surface area contributed by atoms with E-state index in [0.29, 0.717) is 12.3 Å². The molecule has 0 radical (unpaired) electrons. The monoisotopic (exact) mass is 273 g/mol. The molecule has 0 amide bonds. The number of phenolic OH excluding ortho intramolecular Hbond substituents is 1. The summed E-state index contributed by atoms with van der Waals surface area (Å²) in [4.78, 5) is 0. The van der Waals surface area contributed by atoms with Crippen molar-refractivity contribution in [3.05, 3.63) is 22.2 Å². The maximum atomic E-state index is 9.80. The molecule has 0 aliphatic heterocycles. The van der Waals surface area contributed by atoms with Crippen molar-refractivity contribution in [1.82, 2.24) is 0 Å². The van der Waals surface area contributed by atoms with Crippen molar-refractivity contribution in [1.29, 1.82) is 0 Å². The number of methoxy groups -OCH3 is 1. The Kier molecular flexibility index (Phi) is 4.42. The van der Waals surface area contributed by atoms with Gasteiger partial charge in [-0.3, -0.25) is 0 Å². The van der Waals surface area contributed by atoms with E-state index in [4.69, 9.17) is 10.5 Å². The lowest BCUT2D eigenvalue weighted by atomic mass is 9.97. The summed E-state index contributed by atoms with van der Waals surface area (Å²) in [6, 6.07) is 3.50. The molecule has 0 aliphatic carbocycles. The number of hydrogen-bond acceptors (Lipinski definition) is 3. The molecule has 0 fully saturated rings. The van der Waals surface area contributed by atoms with Crippen LogP contribution in [0.4, 0.5) is 0 Å². The van der Waals surface area contributed by atoms with E-state index in [2.05, 4.69) is 15.9 Å². The van der Waals surface area contributed by atoms with Crippen LogP contribution < -0.4 is 10.5 Å². The van der Waals surface area contributed by atoms with E-state index in [1.807, 2.05) is 13.0 Å². The van der Waals surface area contributed by atoms with Gasteiger partial charge in [0.05, 0.1) is 11.6 Å². The lowest BCUT2D eigenvalue weighted by Gasteiger charge is -2.14. The van der Waals surface area contributed by atoms with Gasteiger partial charge in [0.25, 0.3) is 0 Å². The molecule has 1 unspecified atom stereocenters. The molecule has 0 saturated carbocycles. The minimum absolute atomic E-state index is 0.247. The van der Waals surface area contributed by atoms with Gasteiger partial charge in [0.15, 0.2) is 0 Å². The SMILES string of the molecule is COc1cc(O)c(C(C)CCN)cc1Br. The normalized spacial score (nSPS) is 12.5. The molecule has 1 rings (SSSR count). The maximum absolute atomic E-state index is 9.80. The standard InChI is InChI=1S/C11H16BrNO2/c1-7(3-4-13)8-5-9(12)11(15-2)6-10(8)14/h5-7,14H,3-4,13H2,1-2H3. The summed E-state index contributed by atoms with van der Waals surface area (Å²) in [5.41, 5.74) is 6.39. The van der Waals surface area contributed by atoms with Gasteiger partial charge < -0.3 is 15.6 Å². The summed E-state index contributed by atoms with van der Waals surface area (Å²) < 4.78 is 5.94. The van der Waals surface area contributed by atoms with Crippen LogP contribution in [0.25, 0.3) is 0 Å². The third kappa shape index (κ3) is 2.86. The predicted octanol–water partition coefficient (Wildman–Crippen LogP) is 2.62. The van der Waals surface area contributed by atoms with Crippen molar-refractivity contribution in [2.45, 2.75) is 19.3 Å². The van der Waals surface area contributed by atoms with Gasteiger partial charge in [0.2, 0.25) is 0 Å². The minimum Gasteiger partial charge on any atom is -0.508 e. The highest BCUT2D eigenvalue weighted by atomic mass is 79.9. The van der Waals surface area contributed by atoms with Gasteiger partial charge in [-0.25, -0.2) is 0 Å². The van der Waals surface area contributed by atoms with E-state index >= 15 is 0 Å². The van der Waals surface area contributed by atoms with Crippen molar-refractivity contribution in [2.24, 2.45) is 5.73 Å². The number of phenols is 1. The zero-order valence-corrected chi connectivity index (χ0v) is 10.5. The van der Waals surface area contributed by atoms with Gasteiger partial charge in [-0.05, 0) is 46.4 Å². The van der Waals surface area contributed by atoms with Gasteiger partial charge in [-0.15, -0.1) is 0 Å². The van der Waals surface area contributed by atoms with E-state index < -0.39 is 0 Å². The third-order valence-electron chi connectivity index (χ3n) is 2.43. The minimum atomic E-state index is 0.247. The maximum Gasteiger partial charge on any atom is 0.136 e. The quantitative estimate of drug-likeness (QED) is 0.887. The average molecular weight is 274 g/mol. The smallest absolute Gasteiger partial charge is 0.136 e. The summed E-state index contributed by atoms with van der Waals surface area (Å²) in [5.74, 6) is 1.14. The fourth-order valence-electron chi connectivity index (χ4n) is 1.51. The van der Waals surface area contributed by atoms with Gasteiger partial charge in [-0.2, -0.15) is 0 Å². The molecule has 0 bridgehead atoms. The Hall–Kier alpha value is -0.740. The topological polar surface area (TPSA) is 55.5 Å². The summed E-state index contributed by atoms with van der Waals surface area (Å²) in [6.45, 7) is 2.66. The Morgan fingerprint density at radius 1 is 1.53 bits per heavy atom. The first kappa shape index (κ1) is 12.3. The highest BCUT2D eigenvalue weighted by Crippen LogP contribution is 2.36. The number of benzene rings is 1. The van der Waals surface area contributed by atoms with Crippen LogP contribution in [0.5, 0.6) is 11.5 Å². The Bertz CT molecular complexity index is 342. The van der Waals surface area contributed by atoms with Crippen LogP contribution >= 0.6 is 15.9 Å². The summed E-state index contributed by atoms with van der Waals surface area (Å²) in [5, 5.41) is 9.80. The first-order valence-corrected chi connectivity index (χ1v) is 5.66. The lowest BCUT2D eigenvalue weighted by Crippen LogP contribution is -2.05. The highest BCUT2D eigenvalue weighted by Gasteiger charge is 2.13. The lowest BCUT2D eigenvalue weighted by molar-refractivity contribution is 0.402. The third-order valence-corrected chi connectivity index (χ3v) is 3.05. The van der Waals surface area contributed by atoms with Crippen LogP contribution in [0.1, 0.15) is 24.8 Å². The van der Waals surface area contributed by atoms with Gasteiger partial charge >= 0.3 is 0 Å². The fourth-order valence-corrected chi connectivity index (χ4v) is 2.04. The number of ether oxygens (including phenoxy) is 1. The number of halogens is 1. The highest BCUT2D eigenvalue weighted by molar-refractivity contribution is 9.10. The molecule has 0 spiro atoms. The van der Waals surface area contributed by atoms with Crippen LogP contribution in [0.15, 0.2) is 16.6 Å². The van der Waals surface area contributed by atoms with Gasteiger partial charge in [0.1, 0.15) is 11.5 Å². The van der Waals surface area contributed by atoms with E-state index in [1.54, 1.807) is 13.2 Å². The molecular weight excluding hydrogens is 258 g/mol. The van der Waals surface area contributed by atoms with E-state index in [9.17, 15) is 5.11 Å². The molecule has 4 heteroatoms. The number of hydrogen-bond donors (Lipinski definition) is 2. The average Bonchev–Trinajstić information content (AvgIpc) is 2.21. The van der Waals surface area contributed by atoms with E-state index in [1.165, 1.54) is 0 Å². The fraction of sp³-hybridized carbons (Fsp3) is 0.455. The van der Waals surface area contributed by atoms with Crippen LogP contribution in [0, 0.1) is 0 Å². The summed E-state index contributed by atoms with van der Waals surface area (Å²) >= 11 is 3.39. The molecule has 15 heavy (non-hydrogen) atoms. The van der Waals surface area contributed by atoms with Crippen molar-refractivity contribution in [2.75, 3.05) is 13.7 Å². The molecule has 1 aromatic rings. The van der Waals surface area contributed by atoms with Crippen molar-refractivity contribution >= 4 is 15.9 Å². The summed E-state index contributed by atoms with van der Waals surface area (Å²) in [6.07, 6.45) is 0.854. The molecule has 3 nitrogen and oxygen atoms in total. The Morgan fingerprint density at radius 3 is 2.73 bits per heavy atom. The molecule has 3 N–H and O–H groups in total. The first-order valence-electron chi connectivity index (χ1n) is 4.86. The van der Waals surface area contributed by atoms with Gasteiger partial charge in [0, 0.05) is 6.07 Å². The largest absolute Gasteiger partial charge is 0.508 e. The van der Waals surface area contributed by atoms with Crippen LogP contribution in [-0.4, -0.2) is 18.8 Å². The second-order valence-corrected chi connectivity index (χ2v) is 4.38. The molecule has 0 heterocycles. The molecular formula is C11H16BrNO2. The molecule has 1 aromatic carbocycles. The van der Waals surface area contributed by atoms with Gasteiger partial charge in [-0.1, -0.05) is 6.92 Å². The molecule has 0 aliphatic rings. The molecule has 0 aromatic heterocycles. The number of rotatable bonds is 4. The summed E-state index contributed by atoms with van der Waals surface area (Å²) in [7, 11) is 1.57. The Morgan fingerprint density at radius 2 is 2.20 bits per heavy atom. The predicted molar refractivity (Wildman–Crippen MR) is 64.4 cm³/mol. The molecule has 1 atom stereocenters. The second-order valence-electron chi connectivity index (χ2n) is 3.52. The van der Waals surface area contributed by atoms with Crippen LogP contribution in [0.3, 0.4) is 0 Å². The Balaban J connectivity index is 3.04. The van der Waals surface area contributed by atoms with Crippen LogP contribution in [0.2, 0.25) is 0 Å². The number of aromatic hydroxyl groups is 1. The van der Waals surface area contributed by atoms with Crippen molar-refractivity contribution < 1.29 is 9.84 Å². The van der Waals surface area contributed by atoms with Crippen molar-refractivity contribution in [3.63, 3.8) is 0 Å². The van der Waals surface area contributed by atoms with Crippen LogP contribution in [-0.2, 0) is 0 Å². The number of nitrogens with two attached hydrogens (primary N) is 1. The second kappa shape index (κ2) is 5.37.